The Balaban J connectivity index is 1.29. The number of nitrogens with zero attached hydrogens (tertiary/aromatic N) is 5. The lowest BCUT2D eigenvalue weighted by molar-refractivity contribution is 0.102. The molecule has 1 aliphatic heterocycles. The van der Waals surface area contributed by atoms with Crippen LogP contribution in [0.3, 0.4) is 0 Å². The Morgan fingerprint density at radius 3 is 2.74 bits per heavy atom. The van der Waals surface area contributed by atoms with E-state index in [-0.39, 0.29) is 5.91 Å². The summed E-state index contributed by atoms with van der Waals surface area (Å²) >= 11 is 0. The van der Waals surface area contributed by atoms with Gasteiger partial charge in [-0.25, -0.2) is 15.0 Å². The third kappa shape index (κ3) is 4.65. The minimum absolute atomic E-state index is 0.295. The lowest BCUT2D eigenvalue weighted by Crippen LogP contribution is -2.36. The Morgan fingerprint density at radius 1 is 1.11 bits per heavy atom. The second kappa shape index (κ2) is 8.95. The summed E-state index contributed by atoms with van der Waals surface area (Å²) in [7, 11) is 0. The molecule has 0 unspecified atom stereocenters. The summed E-state index contributed by atoms with van der Waals surface area (Å²) in [5.41, 5.74) is 9.93. The number of fused-ring (bicyclic) bond motifs is 1. The first kappa shape index (κ1) is 21.5. The Bertz CT molecular complexity index is 1380. The maximum Gasteiger partial charge on any atom is 0.300 e. The predicted molar refractivity (Wildman–Crippen MR) is 131 cm³/mol. The Morgan fingerprint density at radius 2 is 1.97 bits per heavy atom. The minimum Gasteiger partial charge on any atom is -0.422 e. The van der Waals surface area contributed by atoms with Crippen molar-refractivity contribution >= 4 is 34.7 Å². The highest BCUT2D eigenvalue weighted by atomic mass is 16.5. The average molecular weight is 472 g/mol. The number of rotatable bonds is 6. The summed E-state index contributed by atoms with van der Waals surface area (Å²) in [5, 5.41) is 3.01. The third-order valence-electron chi connectivity index (χ3n) is 6.22. The molecule has 0 aromatic carbocycles. The SMILES string of the molecule is Nc1ccc(-c2cccc(C(=O)Nc3cc4oc(N5CCOCC5)nc4nc3CC3CC3)n2)cn1. The van der Waals surface area contributed by atoms with Gasteiger partial charge in [-0.1, -0.05) is 6.07 Å². The Labute approximate surface area is 201 Å². The number of amides is 1. The number of morpholine rings is 1. The molecule has 35 heavy (non-hydrogen) atoms. The van der Waals surface area contributed by atoms with E-state index in [1.54, 1.807) is 24.4 Å². The molecule has 4 aromatic heterocycles. The standard InChI is InChI=1S/C25H25N7O3/c26-22-7-6-16(14-27-22)17-2-1-3-18(28-17)24(33)30-20-13-21-23(29-19(20)12-15-4-5-15)31-25(35-21)32-8-10-34-11-9-32/h1-3,6-7,13-15H,4-5,8-12H2,(H2,26,27)(H,30,33). The highest BCUT2D eigenvalue weighted by molar-refractivity contribution is 6.04. The second-order valence-corrected chi connectivity index (χ2v) is 8.88. The van der Waals surface area contributed by atoms with Gasteiger partial charge in [0.05, 0.1) is 30.3 Å². The molecule has 10 nitrogen and oxygen atoms in total. The molecule has 6 rings (SSSR count). The lowest BCUT2D eigenvalue weighted by atomic mass is 10.1. The van der Waals surface area contributed by atoms with Crippen LogP contribution in [0, 0.1) is 5.92 Å². The van der Waals surface area contributed by atoms with E-state index in [1.165, 1.54) is 12.8 Å². The smallest absolute Gasteiger partial charge is 0.300 e. The van der Waals surface area contributed by atoms with Crippen molar-refractivity contribution in [3.05, 3.63) is 54.0 Å². The Hall–Kier alpha value is -4.05. The number of aromatic nitrogens is 4. The first-order chi connectivity index (χ1) is 17.1. The van der Waals surface area contributed by atoms with Crippen LogP contribution < -0.4 is 16.0 Å². The summed E-state index contributed by atoms with van der Waals surface area (Å²) in [6, 6.07) is 11.2. The van der Waals surface area contributed by atoms with Crippen LogP contribution in [0.15, 0.2) is 47.0 Å². The van der Waals surface area contributed by atoms with Gasteiger partial charge >= 0.3 is 0 Å². The normalized spacial score (nSPS) is 15.9. The van der Waals surface area contributed by atoms with Gasteiger partial charge in [-0.15, -0.1) is 0 Å². The number of pyridine rings is 3. The van der Waals surface area contributed by atoms with Gasteiger partial charge in [-0.05, 0) is 49.4 Å². The van der Waals surface area contributed by atoms with Crippen LogP contribution in [0.1, 0.15) is 29.0 Å². The largest absolute Gasteiger partial charge is 0.422 e. The van der Waals surface area contributed by atoms with Crippen molar-refractivity contribution in [1.82, 2.24) is 19.9 Å². The first-order valence-electron chi connectivity index (χ1n) is 11.8. The van der Waals surface area contributed by atoms with Crippen LogP contribution in [0.2, 0.25) is 0 Å². The lowest BCUT2D eigenvalue weighted by Gasteiger charge is -2.24. The number of ether oxygens (including phenoxy) is 1. The van der Waals surface area contributed by atoms with E-state index in [9.17, 15) is 4.79 Å². The molecule has 1 aliphatic carbocycles. The molecule has 0 radical (unpaired) electrons. The van der Waals surface area contributed by atoms with E-state index in [0.717, 1.165) is 30.8 Å². The number of nitrogen functional groups attached to an aromatic ring is 1. The minimum atomic E-state index is -0.318. The zero-order chi connectivity index (χ0) is 23.8. The van der Waals surface area contributed by atoms with Crippen molar-refractivity contribution in [1.29, 1.82) is 0 Å². The van der Waals surface area contributed by atoms with Crippen molar-refractivity contribution in [3.8, 4) is 11.3 Å². The van der Waals surface area contributed by atoms with Gasteiger partial charge in [0.2, 0.25) is 5.65 Å². The van der Waals surface area contributed by atoms with Gasteiger partial charge in [0, 0.05) is 30.9 Å². The molecule has 5 heterocycles. The fourth-order valence-corrected chi connectivity index (χ4v) is 4.10. The van der Waals surface area contributed by atoms with Crippen molar-refractivity contribution < 1.29 is 13.9 Å². The molecule has 1 saturated carbocycles. The number of hydrogen-bond acceptors (Lipinski definition) is 9. The maximum absolute atomic E-state index is 13.2. The highest BCUT2D eigenvalue weighted by Crippen LogP contribution is 2.35. The number of hydrogen-bond donors (Lipinski definition) is 2. The van der Waals surface area contributed by atoms with E-state index >= 15 is 0 Å². The van der Waals surface area contributed by atoms with Gasteiger partial charge in [0.25, 0.3) is 11.9 Å². The highest BCUT2D eigenvalue weighted by Gasteiger charge is 2.26. The molecule has 0 spiro atoms. The van der Waals surface area contributed by atoms with Crippen molar-refractivity contribution in [2.75, 3.05) is 42.3 Å². The quantitative estimate of drug-likeness (QED) is 0.434. The van der Waals surface area contributed by atoms with E-state index in [0.29, 0.717) is 59.3 Å². The molecule has 0 bridgehead atoms. The van der Waals surface area contributed by atoms with Crippen LogP contribution in [-0.2, 0) is 11.2 Å². The zero-order valence-corrected chi connectivity index (χ0v) is 19.1. The average Bonchev–Trinajstić information content (AvgIpc) is 3.61. The topological polar surface area (TPSA) is 132 Å². The molecule has 0 atom stereocenters. The summed E-state index contributed by atoms with van der Waals surface area (Å²) in [6.07, 6.45) is 4.77. The molecule has 3 N–H and O–H groups in total. The van der Waals surface area contributed by atoms with Gasteiger partial charge in [-0.2, -0.15) is 4.98 Å². The van der Waals surface area contributed by atoms with E-state index < -0.39 is 0 Å². The number of anilines is 3. The zero-order valence-electron chi connectivity index (χ0n) is 19.1. The molecule has 1 saturated heterocycles. The number of carbonyl (C=O) groups is 1. The van der Waals surface area contributed by atoms with Crippen molar-refractivity contribution in [2.24, 2.45) is 5.92 Å². The Kier molecular flexibility index (Phi) is 5.49. The van der Waals surface area contributed by atoms with Crippen LogP contribution in [0.25, 0.3) is 22.5 Å². The summed E-state index contributed by atoms with van der Waals surface area (Å²) in [6.45, 7) is 2.71. The molecule has 2 aliphatic rings. The van der Waals surface area contributed by atoms with Crippen molar-refractivity contribution in [2.45, 2.75) is 19.3 Å². The monoisotopic (exact) mass is 471 g/mol. The van der Waals surface area contributed by atoms with Gasteiger partial charge < -0.3 is 25.1 Å². The first-order valence-corrected chi connectivity index (χ1v) is 11.8. The second-order valence-electron chi connectivity index (χ2n) is 8.88. The number of carbonyl (C=O) groups excluding carboxylic acids is 1. The van der Waals surface area contributed by atoms with Crippen molar-refractivity contribution in [3.63, 3.8) is 0 Å². The summed E-state index contributed by atoms with van der Waals surface area (Å²) < 4.78 is 11.4. The summed E-state index contributed by atoms with van der Waals surface area (Å²) in [4.78, 5) is 33.3. The number of nitrogens with two attached hydrogens (primary N) is 1. The molecule has 2 fully saturated rings. The third-order valence-corrected chi connectivity index (χ3v) is 6.22. The van der Waals surface area contributed by atoms with Gasteiger partial charge in [0.15, 0.2) is 5.58 Å². The fourth-order valence-electron chi connectivity index (χ4n) is 4.10. The molecular formula is C25H25N7O3. The van der Waals surface area contributed by atoms with E-state index in [4.69, 9.17) is 19.9 Å². The molecule has 4 aromatic rings. The van der Waals surface area contributed by atoms with Crippen LogP contribution in [0.5, 0.6) is 0 Å². The molecule has 1 amide bonds. The number of oxazole rings is 1. The molecule has 178 valence electrons. The molecular weight excluding hydrogens is 446 g/mol. The van der Waals surface area contributed by atoms with Crippen LogP contribution >= 0.6 is 0 Å². The van der Waals surface area contributed by atoms with Gasteiger partial charge in [-0.3, -0.25) is 4.79 Å². The van der Waals surface area contributed by atoms with Crippen LogP contribution in [-0.4, -0.2) is 52.1 Å². The maximum atomic E-state index is 13.2. The van der Waals surface area contributed by atoms with E-state index in [1.807, 2.05) is 23.1 Å². The summed E-state index contributed by atoms with van der Waals surface area (Å²) in [5.74, 6) is 0.694. The van der Waals surface area contributed by atoms with E-state index in [2.05, 4.69) is 20.3 Å². The fraction of sp³-hybridized carbons (Fsp3) is 0.320. The predicted octanol–water partition coefficient (Wildman–Crippen LogP) is 3.30. The van der Waals surface area contributed by atoms with Crippen LogP contribution in [0.4, 0.5) is 17.5 Å². The van der Waals surface area contributed by atoms with Gasteiger partial charge in [0.1, 0.15) is 11.5 Å². The number of nitrogens with one attached hydrogen (secondary N) is 1. The molecule has 10 heteroatoms.